The SMILES string of the molecule is c1ccc(-n2c3ccccc3c3c(-c4ccc(Nc5cccc([Si](c6ccccc6)(c6ccccc6)c6ccccc6)c5)cc4)cccc32)cc1. The molecule has 0 unspecified atom stereocenters. The number of nitrogens with zero attached hydrogens (tertiary/aromatic N) is 1. The van der Waals surface area contributed by atoms with E-state index in [0.717, 1.165) is 11.4 Å². The standard InChI is InChI=1S/C48H36N2Si/c1-5-18-39(19-6-1)50-46-29-14-13-27-45(46)48-44(28-16-30-47(48)50)36-31-33-37(34-32-36)49-38-17-15-26-43(35-38)51(40-20-7-2-8-21-40,41-22-9-3-10-23-41)42-24-11-4-12-25-42/h1-35,49H. The summed E-state index contributed by atoms with van der Waals surface area (Å²) in [6.07, 6.45) is 0. The van der Waals surface area contributed by atoms with E-state index in [1.807, 2.05) is 0 Å². The molecule has 0 atom stereocenters. The highest BCUT2D eigenvalue weighted by Gasteiger charge is 2.41. The van der Waals surface area contributed by atoms with Crippen LogP contribution >= 0.6 is 0 Å². The van der Waals surface area contributed by atoms with Crippen LogP contribution in [0.2, 0.25) is 0 Å². The third-order valence-corrected chi connectivity index (χ3v) is 14.9. The van der Waals surface area contributed by atoms with Crippen molar-refractivity contribution < 1.29 is 0 Å². The number of aromatic nitrogens is 1. The lowest BCUT2D eigenvalue weighted by Gasteiger charge is -2.34. The highest BCUT2D eigenvalue weighted by molar-refractivity contribution is 7.19. The van der Waals surface area contributed by atoms with Crippen molar-refractivity contribution in [2.24, 2.45) is 0 Å². The van der Waals surface area contributed by atoms with Gasteiger partial charge in [-0.3, -0.25) is 0 Å². The molecule has 3 heteroatoms. The Morgan fingerprint density at radius 2 is 0.882 bits per heavy atom. The van der Waals surface area contributed by atoms with Gasteiger partial charge in [0.05, 0.1) is 11.0 Å². The first-order valence-corrected chi connectivity index (χ1v) is 19.5. The van der Waals surface area contributed by atoms with Crippen molar-refractivity contribution in [3.05, 3.63) is 212 Å². The minimum Gasteiger partial charge on any atom is -0.356 e. The molecule has 8 aromatic carbocycles. The molecule has 0 radical (unpaired) electrons. The average Bonchev–Trinajstić information content (AvgIpc) is 3.55. The predicted octanol–water partition coefficient (Wildman–Crippen LogP) is 9.57. The normalized spacial score (nSPS) is 11.5. The van der Waals surface area contributed by atoms with Gasteiger partial charge in [-0.15, -0.1) is 0 Å². The van der Waals surface area contributed by atoms with Crippen LogP contribution in [0.3, 0.4) is 0 Å². The van der Waals surface area contributed by atoms with E-state index in [0.29, 0.717) is 0 Å². The minimum absolute atomic E-state index is 1.06. The van der Waals surface area contributed by atoms with E-state index >= 15 is 0 Å². The minimum atomic E-state index is -2.61. The van der Waals surface area contributed by atoms with Crippen LogP contribution in [-0.4, -0.2) is 12.6 Å². The van der Waals surface area contributed by atoms with Crippen LogP contribution in [0.1, 0.15) is 0 Å². The molecule has 0 fully saturated rings. The van der Waals surface area contributed by atoms with E-state index < -0.39 is 8.07 Å². The summed E-state index contributed by atoms with van der Waals surface area (Å²) in [7, 11) is -2.61. The molecule has 0 amide bonds. The Kier molecular flexibility index (Phi) is 7.88. The molecule has 9 aromatic rings. The average molecular weight is 669 g/mol. The number of nitrogens with one attached hydrogen (secondary N) is 1. The maximum absolute atomic E-state index is 3.76. The summed E-state index contributed by atoms with van der Waals surface area (Å²) >= 11 is 0. The van der Waals surface area contributed by atoms with E-state index in [1.54, 1.807) is 0 Å². The van der Waals surface area contributed by atoms with E-state index in [1.165, 1.54) is 59.4 Å². The predicted molar refractivity (Wildman–Crippen MR) is 220 cm³/mol. The van der Waals surface area contributed by atoms with E-state index in [9.17, 15) is 0 Å². The van der Waals surface area contributed by atoms with Crippen LogP contribution in [0.4, 0.5) is 11.4 Å². The fourth-order valence-corrected chi connectivity index (χ4v) is 12.7. The Balaban J connectivity index is 1.11. The van der Waals surface area contributed by atoms with Crippen molar-refractivity contribution in [1.82, 2.24) is 4.57 Å². The van der Waals surface area contributed by atoms with E-state index in [2.05, 4.69) is 222 Å². The largest absolute Gasteiger partial charge is 0.356 e. The summed E-state index contributed by atoms with van der Waals surface area (Å²) in [5.74, 6) is 0. The molecule has 1 heterocycles. The molecule has 0 spiro atoms. The van der Waals surface area contributed by atoms with Gasteiger partial charge in [0.25, 0.3) is 0 Å². The third-order valence-electron chi connectivity index (χ3n) is 10.1. The van der Waals surface area contributed by atoms with Gasteiger partial charge in [-0.05, 0) is 80.4 Å². The Labute approximate surface area is 299 Å². The van der Waals surface area contributed by atoms with Crippen molar-refractivity contribution in [3.63, 3.8) is 0 Å². The zero-order chi connectivity index (χ0) is 34.0. The molecule has 0 aliphatic rings. The smallest absolute Gasteiger partial charge is 0.179 e. The summed E-state index contributed by atoms with van der Waals surface area (Å²) in [5.41, 5.74) is 8.15. The summed E-state index contributed by atoms with van der Waals surface area (Å²) in [5, 5.41) is 11.7. The summed E-state index contributed by atoms with van der Waals surface area (Å²) in [6.45, 7) is 0. The van der Waals surface area contributed by atoms with Gasteiger partial charge < -0.3 is 9.88 Å². The molecule has 0 bridgehead atoms. The molecule has 2 nitrogen and oxygen atoms in total. The number of hydrogen-bond acceptors (Lipinski definition) is 1. The number of para-hydroxylation sites is 2. The molecule has 0 aliphatic heterocycles. The fraction of sp³-hybridized carbons (Fsp3) is 0. The summed E-state index contributed by atoms with van der Waals surface area (Å²) in [6, 6.07) is 77.2. The molecule has 51 heavy (non-hydrogen) atoms. The zero-order valence-electron chi connectivity index (χ0n) is 28.2. The fourth-order valence-electron chi connectivity index (χ4n) is 7.91. The van der Waals surface area contributed by atoms with Crippen molar-refractivity contribution in [1.29, 1.82) is 0 Å². The Bertz CT molecular complexity index is 2480. The van der Waals surface area contributed by atoms with Crippen LogP contribution in [0, 0.1) is 0 Å². The van der Waals surface area contributed by atoms with Gasteiger partial charge in [0, 0.05) is 27.8 Å². The van der Waals surface area contributed by atoms with Gasteiger partial charge in [-0.1, -0.05) is 164 Å². The highest BCUT2D eigenvalue weighted by atomic mass is 28.3. The van der Waals surface area contributed by atoms with Crippen molar-refractivity contribution in [2.45, 2.75) is 0 Å². The number of benzene rings is 8. The maximum atomic E-state index is 3.76. The van der Waals surface area contributed by atoms with E-state index in [-0.39, 0.29) is 0 Å². The second-order valence-corrected chi connectivity index (χ2v) is 16.8. The van der Waals surface area contributed by atoms with Crippen molar-refractivity contribution in [2.75, 3.05) is 5.32 Å². The lowest BCUT2D eigenvalue weighted by Crippen LogP contribution is -2.74. The zero-order valence-corrected chi connectivity index (χ0v) is 29.2. The molecule has 0 saturated carbocycles. The van der Waals surface area contributed by atoms with Crippen LogP contribution in [-0.2, 0) is 0 Å². The first-order chi connectivity index (χ1) is 25.3. The van der Waals surface area contributed by atoms with E-state index in [4.69, 9.17) is 0 Å². The molecule has 0 aliphatic carbocycles. The highest BCUT2D eigenvalue weighted by Crippen LogP contribution is 2.38. The molecule has 1 aromatic heterocycles. The number of fused-ring (bicyclic) bond motifs is 3. The molecular formula is C48H36N2Si. The third kappa shape index (κ3) is 5.36. The second kappa shape index (κ2) is 13.1. The number of hydrogen-bond donors (Lipinski definition) is 1. The molecule has 9 rings (SSSR count). The Morgan fingerprint density at radius 1 is 0.373 bits per heavy atom. The first kappa shape index (κ1) is 30.6. The molecular weight excluding hydrogens is 633 g/mol. The van der Waals surface area contributed by atoms with Crippen LogP contribution in [0.5, 0.6) is 0 Å². The topological polar surface area (TPSA) is 17.0 Å². The van der Waals surface area contributed by atoms with Crippen LogP contribution < -0.4 is 26.1 Å². The van der Waals surface area contributed by atoms with Gasteiger partial charge in [0.15, 0.2) is 8.07 Å². The number of anilines is 2. The molecule has 0 saturated heterocycles. The van der Waals surface area contributed by atoms with Gasteiger partial charge in [-0.25, -0.2) is 0 Å². The van der Waals surface area contributed by atoms with Crippen molar-refractivity contribution in [3.8, 4) is 16.8 Å². The van der Waals surface area contributed by atoms with Crippen LogP contribution in [0.25, 0.3) is 38.6 Å². The van der Waals surface area contributed by atoms with Crippen LogP contribution in [0.15, 0.2) is 212 Å². The van der Waals surface area contributed by atoms with Gasteiger partial charge in [0.1, 0.15) is 0 Å². The maximum Gasteiger partial charge on any atom is 0.179 e. The summed E-state index contributed by atoms with van der Waals surface area (Å²) in [4.78, 5) is 0. The Hall–Kier alpha value is -6.42. The lowest BCUT2D eigenvalue weighted by molar-refractivity contribution is 1.18. The molecule has 242 valence electrons. The molecule has 1 N–H and O–H groups in total. The number of rotatable bonds is 8. The van der Waals surface area contributed by atoms with Gasteiger partial charge in [0.2, 0.25) is 0 Å². The lowest BCUT2D eigenvalue weighted by atomic mass is 9.99. The first-order valence-electron chi connectivity index (χ1n) is 17.5. The Morgan fingerprint density at radius 3 is 1.51 bits per heavy atom. The monoisotopic (exact) mass is 668 g/mol. The van der Waals surface area contributed by atoms with Gasteiger partial charge >= 0.3 is 0 Å². The quantitative estimate of drug-likeness (QED) is 0.126. The summed E-state index contributed by atoms with van der Waals surface area (Å²) < 4.78 is 2.38. The second-order valence-electron chi connectivity index (χ2n) is 13.0. The van der Waals surface area contributed by atoms with Crippen molar-refractivity contribution >= 4 is 62.0 Å². The van der Waals surface area contributed by atoms with Gasteiger partial charge in [-0.2, -0.15) is 0 Å².